The largest absolute Gasteiger partial charge is 0.345 e. The molecular weight excluding hydrogens is 242 g/mol. The van der Waals surface area contributed by atoms with Crippen LogP contribution in [0.3, 0.4) is 0 Å². The first-order valence-electron chi connectivity index (χ1n) is 5.54. The van der Waals surface area contributed by atoms with Crippen molar-refractivity contribution in [3.8, 4) is 0 Å². The van der Waals surface area contributed by atoms with Crippen molar-refractivity contribution in [2.75, 3.05) is 13.6 Å². The molecule has 2 nitrogen and oxygen atoms in total. The van der Waals surface area contributed by atoms with E-state index < -0.39 is 0 Å². The molecule has 4 heteroatoms. The standard InChI is InChI=1S/C12H16ClNOS/c1-14(7-10-4-11(13)5-10)12(15)6-9-2-3-16-8-9/h2-3,8,10-11H,4-7H2,1H3. The summed E-state index contributed by atoms with van der Waals surface area (Å²) in [4.78, 5) is 13.7. The van der Waals surface area contributed by atoms with Gasteiger partial charge in [0.05, 0.1) is 6.42 Å². The Labute approximate surface area is 105 Å². The molecule has 1 aliphatic rings. The van der Waals surface area contributed by atoms with E-state index in [4.69, 9.17) is 11.6 Å². The minimum atomic E-state index is 0.205. The second-order valence-electron chi connectivity index (χ2n) is 4.52. The second-order valence-corrected chi connectivity index (χ2v) is 5.91. The van der Waals surface area contributed by atoms with E-state index >= 15 is 0 Å². The van der Waals surface area contributed by atoms with Crippen LogP contribution in [0.4, 0.5) is 0 Å². The van der Waals surface area contributed by atoms with Crippen LogP contribution in [0.2, 0.25) is 0 Å². The van der Waals surface area contributed by atoms with Crippen LogP contribution >= 0.6 is 22.9 Å². The molecule has 1 aromatic heterocycles. The number of hydrogen-bond acceptors (Lipinski definition) is 2. The topological polar surface area (TPSA) is 20.3 Å². The van der Waals surface area contributed by atoms with Crippen LogP contribution < -0.4 is 0 Å². The van der Waals surface area contributed by atoms with Gasteiger partial charge in [-0.2, -0.15) is 11.3 Å². The maximum absolute atomic E-state index is 11.9. The third kappa shape index (κ3) is 2.98. The molecule has 0 bridgehead atoms. The van der Waals surface area contributed by atoms with Crippen molar-refractivity contribution >= 4 is 28.8 Å². The van der Waals surface area contributed by atoms with E-state index in [0.717, 1.165) is 24.9 Å². The zero-order chi connectivity index (χ0) is 11.5. The molecule has 16 heavy (non-hydrogen) atoms. The van der Waals surface area contributed by atoms with E-state index in [9.17, 15) is 4.79 Å². The van der Waals surface area contributed by atoms with Gasteiger partial charge in [-0.15, -0.1) is 11.6 Å². The van der Waals surface area contributed by atoms with Gasteiger partial charge < -0.3 is 4.90 Å². The normalized spacial score (nSPS) is 23.9. The van der Waals surface area contributed by atoms with Crippen molar-refractivity contribution in [2.45, 2.75) is 24.6 Å². The fourth-order valence-corrected chi connectivity index (χ4v) is 3.17. The molecule has 0 spiro atoms. The van der Waals surface area contributed by atoms with Crippen molar-refractivity contribution in [1.82, 2.24) is 4.90 Å². The molecule has 1 saturated carbocycles. The fraction of sp³-hybridized carbons (Fsp3) is 0.583. The molecule has 0 aliphatic heterocycles. The molecule has 2 rings (SSSR count). The lowest BCUT2D eigenvalue weighted by Crippen LogP contribution is -2.38. The van der Waals surface area contributed by atoms with E-state index in [2.05, 4.69) is 0 Å². The summed E-state index contributed by atoms with van der Waals surface area (Å²) in [5.41, 5.74) is 1.12. The Bertz CT molecular complexity index is 346. The van der Waals surface area contributed by atoms with Gasteiger partial charge in [0.2, 0.25) is 5.91 Å². The molecule has 1 aliphatic carbocycles. The van der Waals surface area contributed by atoms with E-state index in [1.165, 1.54) is 0 Å². The Morgan fingerprint density at radius 1 is 1.62 bits per heavy atom. The predicted molar refractivity (Wildman–Crippen MR) is 68.0 cm³/mol. The number of carbonyl (C=O) groups is 1. The molecule has 0 unspecified atom stereocenters. The summed E-state index contributed by atoms with van der Waals surface area (Å²) >= 11 is 7.55. The number of alkyl halides is 1. The van der Waals surface area contributed by atoms with Crippen molar-refractivity contribution in [2.24, 2.45) is 5.92 Å². The Kier molecular flexibility index (Phi) is 3.87. The Morgan fingerprint density at radius 2 is 2.38 bits per heavy atom. The smallest absolute Gasteiger partial charge is 0.226 e. The second kappa shape index (κ2) is 5.19. The maximum Gasteiger partial charge on any atom is 0.226 e. The minimum absolute atomic E-state index is 0.205. The lowest BCUT2D eigenvalue weighted by Gasteiger charge is -2.34. The molecule has 0 saturated heterocycles. The number of nitrogens with zero attached hydrogens (tertiary/aromatic N) is 1. The van der Waals surface area contributed by atoms with E-state index in [0.29, 0.717) is 17.7 Å². The lowest BCUT2D eigenvalue weighted by atomic mass is 9.84. The quantitative estimate of drug-likeness (QED) is 0.760. The molecule has 1 amide bonds. The summed E-state index contributed by atoms with van der Waals surface area (Å²) in [7, 11) is 1.89. The molecule has 0 N–H and O–H groups in total. The van der Waals surface area contributed by atoms with Crippen molar-refractivity contribution in [3.05, 3.63) is 22.4 Å². The fourth-order valence-electron chi connectivity index (χ4n) is 2.00. The van der Waals surface area contributed by atoms with Crippen LogP contribution in [-0.4, -0.2) is 29.8 Å². The average Bonchev–Trinajstić information content (AvgIpc) is 2.68. The summed E-state index contributed by atoms with van der Waals surface area (Å²) in [5.74, 6) is 0.815. The average molecular weight is 258 g/mol. The number of carbonyl (C=O) groups excluding carboxylic acids is 1. The highest BCUT2D eigenvalue weighted by atomic mass is 35.5. The van der Waals surface area contributed by atoms with Crippen molar-refractivity contribution < 1.29 is 4.79 Å². The predicted octanol–water partition coefficient (Wildman–Crippen LogP) is 2.77. The zero-order valence-corrected chi connectivity index (χ0v) is 10.9. The SMILES string of the molecule is CN(CC1CC(Cl)C1)C(=O)Cc1ccsc1. The van der Waals surface area contributed by atoms with Crippen molar-refractivity contribution in [1.29, 1.82) is 0 Å². The molecule has 0 aromatic carbocycles. The highest BCUT2D eigenvalue weighted by Crippen LogP contribution is 2.32. The number of rotatable bonds is 4. The molecule has 0 atom stereocenters. The van der Waals surface area contributed by atoms with E-state index in [1.54, 1.807) is 11.3 Å². The Morgan fingerprint density at radius 3 is 2.94 bits per heavy atom. The maximum atomic E-state index is 11.9. The van der Waals surface area contributed by atoms with Gasteiger partial charge in [0.15, 0.2) is 0 Å². The van der Waals surface area contributed by atoms with Gasteiger partial charge in [-0.3, -0.25) is 4.79 Å². The minimum Gasteiger partial charge on any atom is -0.345 e. The van der Waals surface area contributed by atoms with Crippen LogP contribution in [-0.2, 0) is 11.2 Å². The Balaban J connectivity index is 1.76. The first kappa shape index (κ1) is 11.9. The van der Waals surface area contributed by atoms with Crippen LogP contribution in [0.5, 0.6) is 0 Å². The van der Waals surface area contributed by atoms with Gasteiger partial charge in [-0.25, -0.2) is 0 Å². The third-order valence-electron chi connectivity index (χ3n) is 3.07. The number of halogens is 1. The summed E-state index contributed by atoms with van der Waals surface area (Å²) in [6.07, 6.45) is 2.63. The number of hydrogen-bond donors (Lipinski definition) is 0. The van der Waals surface area contributed by atoms with E-state index in [-0.39, 0.29) is 5.91 Å². The summed E-state index contributed by atoms with van der Waals surface area (Å²) < 4.78 is 0. The van der Waals surface area contributed by atoms with Crippen molar-refractivity contribution in [3.63, 3.8) is 0 Å². The lowest BCUT2D eigenvalue weighted by molar-refractivity contribution is -0.130. The van der Waals surface area contributed by atoms with Gasteiger partial charge >= 0.3 is 0 Å². The molecule has 1 fully saturated rings. The molecule has 88 valence electrons. The number of thiophene rings is 1. The van der Waals surface area contributed by atoms with Gasteiger partial charge in [0.25, 0.3) is 0 Å². The highest BCUT2D eigenvalue weighted by molar-refractivity contribution is 7.07. The van der Waals surface area contributed by atoms with Crippen LogP contribution in [0.1, 0.15) is 18.4 Å². The third-order valence-corrected chi connectivity index (χ3v) is 4.16. The zero-order valence-electron chi connectivity index (χ0n) is 9.36. The van der Waals surface area contributed by atoms with Gasteiger partial charge in [-0.1, -0.05) is 0 Å². The molecular formula is C12H16ClNOS. The highest BCUT2D eigenvalue weighted by Gasteiger charge is 2.28. The van der Waals surface area contributed by atoms with Gasteiger partial charge in [0, 0.05) is 19.0 Å². The molecule has 1 aromatic rings. The monoisotopic (exact) mass is 257 g/mol. The first-order chi connectivity index (χ1) is 7.65. The van der Waals surface area contributed by atoms with Gasteiger partial charge in [-0.05, 0) is 41.1 Å². The van der Waals surface area contributed by atoms with Crippen LogP contribution in [0.25, 0.3) is 0 Å². The molecule has 0 radical (unpaired) electrons. The number of amides is 1. The summed E-state index contributed by atoms with van der Waals surface area (Å²) in [6.45, 7) is 0.853. The molecule has 1 heterocycles. The van der Waals surface area contributed by atoms with Crippen LogP contribution in [0.15, 0.2) is 16.8 Å². The Hall–Kier alpha value is -0.540. The van der Waals surface area contributed by atoms with Gasteiger partial charge in [0.1, 0.15) is 0 Å². The summed E-state index contributed by atoms with van der Waals surface area (Å²) in [5, 5.41) is 4.38. The van der Waals surface area contributed by atoms with E-state index in [1.807, 2.05) is 28.8 Å². The first-order valence-corrected chi connectivity index (χ1v) is 6.92. The summed E-state index contributed by atoms with van der Waals surface area (Å²) in [6, 6.07) is 2.01. The number of likely N-dealkylation sites (N-methyl/N-ethyl adjacent to an activating group) is 1. The van der Waals surface area contributed by atoms with Crippen LogP contribution in [0, 0.1) is 5.92 Å².